The number of thiophene rings is 2. The molecule has 0 fully saturated rings. The third-order valence-electron chi connectivity index (χ3n) is 11.7. The Kier molecular flexibility index (Phi) is 6.93. The molecule has 6 heteroatoms. The zero-order valence-corrected chi connectivity index (χ0v) is 34.8. The molecule has 0 amide bonds. The van der Waals surface area contributed by atoms with Crippen LogP contribution in [0.2, 0.25) is 0 Å². The van der Waals surface area contributed by atoms with Gasteiger partial charge >= 0.3 is 0 Å². The Bertz CT molecular complexity index is 4270. The van der Waals surface area contributed by atoms with Crippen molar-refractivity contribution in [3.05, 3.63) is 200 Å². The number of hydrogen-bond donors (Lipinski definition) is 0. The molecule has 9 aromatic carbocycles. The smallest absolute Gasteiger partial charge is 0.164 e. The summed E-state index contributed by atoms with van der Waals surface area (Å²) in [6, 6.07) is 52.9. The van der Waals surface area contributed by atoms with Crippen LogP contribution in [0.15, 0.2) is 204 Å². The van der Waals surface area contributed by atoms with Gasteiger partial charge in [0.25, 0.3) is 0 Å². The molecule has 4 nitrogen and oxygen atoms in total. The SMILES string of the molecule is [2H]c1c([2H])c(-c2ccc3sc4ccccc4c3c2)c2c(oc3c([2H])c(-c4nc(-c5ccc(-c6ccccc6)cc5)nc(-c5cc(-c6ccccc6)cc6sc7ccccc7c56)n4)c([2H])c([2H])c32)c1[2H]. The molecule has 13 aromatic rings. The molecule has 0 spiro atoms. The Balaban J connectivity index is 1.08. The van der Waals surface area contributed by atoms with Crippen molar-refractivity contribution in [3.63, 3.8) is 0 Å². The normalized spacial score (nSPS) is 13.1. The van der Waals surface area contributed by atoms with Gasteiger partial charge in [0, 0.05) is 67.8 Å². The minimum Gasteiger partial charge on any atom is -0.456 e. The summed E-state index contributed by atoms with van der Waals surface area (Å²) in [4.78, 5) is 15.3. The minimum atomic E-state index is -0.341. The van der Waals surface area contributed by atoms with Crippen molar-refractivity contribution in [1.29, 1.82) is 0 Å². The molecule has 0 radical (unpaired) electrons. The molecule has 294 valence electrons. The number of aromatic nitrogens is 3. The molecule has 0 atom stereocenters. The molecule has 0 saturated heterocycles. The van der Waals surface area contributed by atoms with Gasteiger partial charge in [0.1, 0.15) is 11.2 Å². The molecule has 0 aliphatic rings. The van der Waals surface area contributed by atoms with Crippen LogP contribution in [-0.2, 0) is 0 Å². The Morgan fingerprint density at radius 2 is 0.968 bits per heavy atom. The maximum absolute atomic E-state index is 9.86. The highest BCUT2D eigenvalue weighted by atomic mass is 32.1. The van der Waals surface area contributed by atoms with Gasteiger partial charge in [0.05, 0.1) is 8.22 Å². The van der Waals surface area contributed by atoms with Crippen molar-refractivity contribution in [2.24, 2.45) is 0 Å². The summed E-state index contributed by atoms with van der Waals surface area (Å²) in [6.07, 6.45) is 0. The fourth-order valence-electron chi connectivity index (χ4n) is 8.67. The van der Waals surface area contributed by atoms with Crippen molar-refractivity contribution in [1.82, 2.24) is 15.0 Å². The number of nitrogens with zero attached hydrogens (tertiary/aromatic N) is 3. The van der Waals surface area contributed by atoms with Crippen molar-refractivity contribution >= 4 is 85.0 Å². The fourth-order valence-corrected chi connectivity index (χ4v) is 10.9. The molecule has 63 heavy (non-hydrogen) atoms. The van der Waals surface area contributed by atoms with Crippen LogP contribution in [0.3, 0.4) is 0 Å². The quantitative estimate of drug-likeness (QED) is 0.167. The van der Waals surface area contributed by atoms with Gasteiger partial charge < -0.3 is 4.42 Å². The Morgan fingerprint density at radius 3 is 1.76 bits per heavy atom. The van der Waals surface area contributed by atoms with Gasteiger partial charge in [-0.3, -0.25) is 0 Å². The van der Waals surface area contributed by atoms with Crippen LogP contribution in [0.5, 0.6) is 0 Å². The standard InChI is InChI=1S/C57H33N3OS2/c1-3-12-34(13-4-1)36-22-24-37(25-23-36)55-58-56(60-57(59-55)46-31-40(35-14-5-2-6-15-35)33-52-54(46)44-17-8-10-21-50(44)63-52)39-26-28-43-48(32-39)61-47-19-11-18-41(53(43)47)38-27-29-51-45(30-38)42-16-7-9-20-49(42)62-51/h1-33H/i11D,18D,19D,26D,28D,32D. The minimum absolute atomic E-state index is 0.00857. The molecule has 0 N–H and O–H groups in total. The largest absolute Gasteiger partial charge is 0.456 e. The van der Waals surface area contributed by atoms with E-state index in [0.29, 0.717) is 28.3 Å². The third kappa shape index (κ3) is 6.06. The zero-order chi connectivity index (χ0) is 46.7. The number of hydrogen-bond acceptors (Lipinski definition) is 6. The Labute approximate surface area is 378 Å². The summed E-state index contributed by atoms with van der Waals surface area (Å²) in [5, 5.41) is 4.39. The van der Waals surface area contributed by atoms with E-state index >= 15 is 0 Å². The summed E-state index contributed by atoms with van der Waals surface area (Å²) in [5.41, 5.74) is 6.25. The molecule has 0 aliphatic heterocycles. The van der Waals surface area contributed by atoms with Crippen LogP contribution in [-0.4, -0.2) is 15.0 Å². The monoisotopic (exact) mass is 845 g/mol. The summed E-state index contributed by atoms with van der Waals surface area (Å²) in [6.45, 7) is 0. The number of fused-ring (bicyclic) bond motifs is 9. The molecule has 0 bridgehead atoms. The molecule has 0 aliphatic carbocycles. The second-order valence-corrected chi connectivity index (χ2v) is 17.6. The topological polar surface area (TPSA) is 51.8 Å². The van der Waals surface area contributed by atoms with Crippen LogP contribution < -0.4 is 0 Å². The van der Waals surface area contributed by atoms with E-state index in [-0.39, 0.29) is 69.6 Å². The first-order valence-electron chi connectivity index (χ1n) is 23.5. The van der Waals surface area contributed by atoms with Gasteiger partial charge in [0.2, 0.25) is 0 Å². The van der Waals surface area contributed by atoms with Gasteiger partial charge in [0.15, 0.2) is 17.5 Å². The van der Waals surface area contributed by atoms with E-state index in [4.69, 9.17) is 22.1 Å². The first kappa shape index (κ1) is 30.3. The fraction of sp³-hybridized carbons (Fsp3) is 0. The van der Waals surface area contributed by atoms with Gasteiger partial charge in [-0.05, 0) is 87.9 Å². The predicted octanol–water partition coefficient (Wildman–Crippen LogP) is 16.5. The summed E-state index contributed by atoms with van der Waals surface area (Å²) in [5.74, 6) is 0.648. The summed E-state index contributed by atoms with van der Waals surface area (Å²) in [7, 11) is 0. The summed E-state index contributed by atoms with van der Waals surface area (Å²) < 4.78 is 67.3. The van der Waals surface area contributed by atoms with Crippen LogP contribution >= 0.6 is 22.7 Å². The van der Waals surface area contributed by atoms with E-state index < -0.39 is 0 Å². The molecular weight excluding hydrogens is 807 g/mol. The van der Waals surface area contributed by atoms with E-state index in [1.54, 1.807) is 22.7 Å². The van der Waals surface area contributed by atoms with Crippen LogP contribution in [0.25, 0.3) is 130 Å². The Hall–Kier alpha value is -7.77. The second-order valence-electron chi connectivity index (χ2n) is 15.4. The first-order valence-corrected chi connectivity index (χ1v) is 22.1. The number of benzene rings is 9. The maximum Gasteiger partial charge on any atom is 0.164 e. The highest BCUT2D eigenvalue weighted by molar-refractivity contribution is 7.26. The molecule has 0 unspecified atom stereocenters. The van der Waals surface area contributed by atoms with Crippen LogP contribution in [0.4, 0.5) is 0 Å². The van der Waals surface area contributed by atoms with Crippen LogP contribution in [0, 0.1) is 0 Å². The van der Waals surface area contributed by atoms with Crippen molar-refractivity contribution in [2.45, 2.75) is 0 Å². The molecule has 13 rings (SSSR count). The van der Waals surface area contributed by atoms with E-state index in [0.717, 1.165) is 68.2 Å². The van der Waals surface area contributed by atoms with Gasteiger partial charge in [-0.1, -0.05) is 146 Å². The molecular formula is C57H33N3OS2. The van der Waals surface area contributed by atoms with E-state index in [2.05, 4.69) is 60.7 Å². The number of rotatable bonds is 6. The summed E-state index contributed by atoms with van der Waals surface area (Å²) >= 11 is 3.34. The lowest BCUT2D eigenvalue weighted by atomic mass is 9.97. The lowest BCUT2D eigenvalue weighted by Gasteiger charge is -2.12. The molecule has 4 aromatic heterocycles. The average Bonchev–Trinajstić information content (AvgIpc) is 4.10. The van der Waals surface area contributed by atoms with E-state index in [9.17, 15) is 5.48 Å². The highest BCUT2D eigenvalue weighted by Gasteiger charge is 2.21. The Morgan fingerprint density at radius 1 is 0.365 bits per heavy atom. The molecule has 4 heterocycles. The van der Waals surface area contributed by atoms with Crippen molar-refractivity contribution in [3.8, 4) is 67.5 Å². The maximum atomic E-state index is 9.86. The van der Waals surface area contributed by atoms with Crippen molar-refractivity contribution in [2.75, 3.05) is 0 Å². The second kappa shape index (κ2) is 14.4. The van der Waals surface area contributed by atoms with Crippen LogP contribution in [0.1, 0.15) is 8.22 Å². The van der Waals surface area contributed by atoms with Gasteiger partial charge in [-0.15, -0.1) is 22.7 Å². The lowest BCUT2D eigenvalue weighted by molar-refractivity contribution is 0.669. The predicted molar refractivity (Wildman–Crippen MR) is 265 cm³/mol. The molecule has 0 saturated carbocycles. The van der Waals surface area contributed by atoms with E-state index in [1.165, 1.54) is 0 Å². The third-order valence-corrected chi connectivity index (χ3v) is 13.9. The highest BCUT2D eigenvalue weighted by Crippen LogP contribution is 2.44. The van der Waals surface area contributed by atoms with Gasteiger partial charge in [-0.25, -0.2) is 15.0 Å². The first-order chi connectivity index (χ1) is 33.7. The average molecular weight is 846 g/mol. The number of furan rings is 1. The lowest BCUT2D eigenvalue weighted by Crippen LogP contribution is -2.00. The van der Waals surface area contributed by atoms with Crippen molar-refractivity contribution < 1.29 is 12.6 Å². The van der Waals surface area contributed by atoms with Gasteiger partial charge in [-0.2, -0.15) is 0 Å². The zero-order valence-electron chi connectivity index (χ0n) is 39.2. The van der Waals surface area contributed by atoms with E-state index in [1.807, 2.05) is 103 Å².